The van der Waals surface area contributed by atoms with E-state index in [0.717, 1.165) is 0 Å². The van der Waals surface area contributed by atoms with Crippen LogP contribution in [0.2, 0.25) is 0 Å². The lowest BCUT2D eigenvalue weighted by atomic mass is 10.2. The Bertz CT molecular complexity index is 611. The fourth-order valence-electron chi connectivity index (χ4n) is 1.55. The van der Waals surface area contributed by atoms with Gasteiger partial charge in [0.2, 0.25) is 0 Å². The largest absolute Gasteiger partial charge is 0.396 e. The Balaban J connectivity index is 2.32. The van der Waals surface area contributed by atoms with E-state index in [0.29, 0.717) is 10.0 Å². The van der Waals surface area contributed by atoms with Crippen molar-refractivity contribution in [3.05, 3.63) is 45.9 Å². The molecular weight excluding hydrogens is 303 g/mol. The highest BCUT2D eigenvalue weighted by Crippen LogP contribution is 2.21. The number of benzene rings is 1. The first-order chi connectivity index (χ1) is 8.49. The van der Waals surface area contributed by atoms with Crippen molar-refractivity contribution in [2.45, 2.75) is 6.54 Å². The molecule has 0 atom stereocenters. The maximum absolute atomic E-state index is 13.3. The summed E-state index contributed by atoms with van der Waals surface area (Å²) < 4.78 is 15.1. The highest BCUT2D eigenvalue weighted by Gasteiger charge is 2.12. The van der Waals surface area contributed by atoms with Crippen LogP contribution in [0, 0.1) is 5.82 Å². The number of halogens is 2. The first-order valence-electron chi connectivity index (χ1n) is 5.04. The third-order valence-corrected chi connectivity index (χ3v) is 3.28. The first kappa shape index (κ1) is 12.6. The lowest BCUT2D eigenvalue weighted by Gasteiger charge is -2.05. The molecule has 5 nitrogen and oxygen atoms in total. The molecular formula is C11H10BrFN4O. The number of aromatic nitrogens is 2. The third kappa shape index (κ3) is 2.35. The molecule has 0 radical (unpaired) electrons. The molecule has 1 heterocycles. The van der Waals surface area contributed by atoms with Crippen molar-refractivity contribution in [1.82, 2.24) is 9.78 Å². The summed E-state index contributed by atoms with van der Waals surface area (Å²) >= 11 is 3.15. The van der Waals surface area contributed by atoms with Crippen molar-refractivity contribution >= 4 is 27.5 Å². The van der Waals surface area contributed by atoms with Crippen LogP contribution in [0.3, 0.4) is 0 Å². The molecule has 0 unspecified atom stereocenters. The van der Waals surface area contributed by atoms with Gasteiger partial charge in [-0.3, -0.25) is 9.48 Å². The van der Waals surface area contributed by atoms with Crippen LogP contribution in [-0.2, 0) is 6.54 Å². The van der Waals surface area contributed by atoms with Crippen LogP contribution in [0.4, 0.5) is 10.1 Å². The highest BCUT2D eigenvalue weighted by molar-refractivity contribution is 9.10. The van der Waals surface area contributed by atoms with Crippen LogP contribution in [0.1, 0.15) is 16.1 Å². The van der Waals surface area contributed by atoms with Crippen LogP contribution in [0.15, 0.2) is 28.9 Å². The average Bonchev–Trinajstić information content (AvgIpc) is 2.66. The predicted octanol–water partition coefficient (Wildman–Crippen LogP) is 1.51. The molecule has 2 rings (SSSR count). The molecule has 0 aliphatic rings. The molecule has 4 N–H and O–H groups in total. The second-order valence-corrected chi connectivity index (χ2v) is 4.50. The van der Waals surface area contributed by atoms with Gasteiger partial charge in [-0.1, -0.05) is 12.1 Å². The zero-order valence-electron chi connectivity index (χ0n) is 9.23. The molecule has 0 aliphatic heterocycles. The van der Waals surface area contributed by atoms with Gasteiger partial charge in [0.25, 0.3) is 5.91 Å². The van der Waals surface area contributed by atoms with Gasteiger partial charge in [-0.2, -0.15) is 5.10 Å². The quantitative estimate of drug-likeness (QED) is 0.900. The van der Waals surface area contributed by atoms with Crippen molar-refractivity contribution < 1.29 is 9.18 Å². The summed E-state index contributed by atoms with van der Waals surface area (Å²) in [7, 11) is 0. The number of nitrogen functional groups attached to an aromatic ring is 1. The van der Waals surface area contributed by atoms with Gasteiger partial charge in [-0.05, 0) is 27.6 Å². The van der Waals surface area contributed by atoms with Gasteiger partial charge >= 0.3 is 0 Å². The molecule has 2 aromatic rings. The topological polar surface area (TPSA) is 86.9 Å². The summed E-state index contributed by atoms with van der Waals surface area (Å²) in [6, 6.07) is 4.69. The number of nitrogens with zero attached hydrogens (tertiary/aromatic N) is 2. The van der Waals surface area contributed by atoms with Crippen LogP contribution in [-0.4, -0.2) is 15.7 Å². The second-order valence-electron chi connectivity index (χ2n) is 3.71. The molecule has 1 aromatic heterocycles. The monoisotopic (exact) mass is 312 g/mol. The Morgan fingerprint density at radius 1 is 1.50 bits per heavy atom. The summed E-state index contributed by atoms with van der Waals surface area (Å²) in [5.74, 6) is -1.05. The van der Waals surface area contributed by atoms with Crippen molar-refractivity contribution in [2.24, 2.45) is 5.73 Å². The second kappa shape index (κ2) is 4.77. The number of anilines is 1. The maximum atomic E-state index is 13.3. The summed E-state index contributed by atoms with van der Waals surface area (Å²) in [6.07, 6.45) is 1.48. The summed E-state index contributed by atoms with van der Waals surface area (Å²) in [5, 5.41) is 3.95. The van der Waals surface area contributed by atoms with Crippen LogP contribution < -0.4 is 11.5 Å². The Morgan fingerprint density at radius 3 is 2.83 bits per heavy atom. The normalized spacial score (nSPS) is 10.6. The predicted molar refractivity (Wildman–Crippen MR) is 68.4 cm³/mol. The van der Waals surface area contributed by atoms with Gasteiger partial charge in [0.05, 0.1) is 16.7 Å². The Kier molecular flexibility index (Phi) is 3.33. The fourth-order valence-corrected chi connectivity index (χ4v) is 1.94. The lowest BCUT2D eigenvalue weighted by Crippen LogP contribution is -2.14. The van der Waals surface area contributed by atoms with Crippen LogP contribution >= 0.6 is 15.9 Å². The minimum Gasteiger partial charge on any atom is -0.396 e. The van der Waals surface area contributed by atoms with E-state index in [1.54, 1.807) is 12.1 Å². The molecule has 1 amide bonds. The van der Waals surface area contributed by atoms with E-state index in [1.165, 1.54) is 16.9 Å². The number of carbonyl (C=O) groups is 1. The summed E-state index contributed by atoms with van der Waals surface area (Å²) in [5.41, 5.74) is 11.6. The lowest BCUT2D eigenvalue weighted by molar-refractivity contribution is 0.0995. The summed E-state index contributed by atoms with van der Waals surface area (Å²) in [6.45, 7) is 0.288. The van der Waals surface area contributed by atoms with E-state index < -0.39 is 5.91 Å². The van der Waals surface area contributed by atoms with Gasteiger partial charge in [0.15, 0.2) is 5.69 Å². The molecule has 0 fully saturated rings. The molecule has 0 saturated carbocycles. The van der Waals surface area contributed by atoms with E-state index in [1.807, 2.05) is 0 Å². The van der Waals surface area contributed by atoms with Gasteiger partial charge in [-0.25, -0.2) is 4.39 Å². The Labute approximate surface area is 111 Å². The molecule has 0 aliphatic carbocycles. The number of primary amides is 1. The zero-order chi connectivity index (χ0) is 13.3. The minimum atomic E-state index is -0.690. The van der Waals surface area contributed by atoms with Gasteiger partial charge in [0.1, 0.15) is 5.82 Å². The standard InChI is InChI=1S/C11H10BrFN4O/c12-9-6(2-1-3-7(9)13)4-17-5-8(14)10(16-17)11(15)18/h1-3,5H,4,14H2,(H2,15,18). The third-order valence-electron chi connectivity index (χ3n) is 2.39. The van der Waals surface area contributed by atoms with E-state index in [-0.39, 0.29) is 23.7 Å². The fraction of sp³-hybridized carbons (Fsp3) is 0.0909. The molecule has 7 heteroatoms. The summed E-state index contributed by atoms with van der Waals surface area (Å²) in [4.78, 5) is 11.0. The number of nitrogens with two attached hydrogens (primary N) is 2. The number of hydrogen-bond acceptors (Lipinski definition) is 3. The average molecular weight is 313 g/mol. The molecule has 18 heavy (non-hydrogen) atoms. The van der Waals surface area contributed by atoms with E-state index >= 15 is 0 Å². The number of amides is 1. The Morgan fingerprint density at radius 2 is 2.22 bits per heavy atom. The highest BCUT2D eigenvalue weighted by atomic mass is 79.9. The van der Waals surface area contributed by atoms with Crippen molar-refractivity contribution in [1.29, 1.82) is 0 Å². The molecule has 0 spiro atoms. The molecule has 0 saturated heterocycles. The molecule has 0 bridgehead atoms. The van der Waals surface area contributed by atoms with Gasteiger partial charge < -0.3 is 11.5 Å². The number of hydrogen-bond donors (Lipinski definition) is 2. The van der Waals surface area contributed by atoms with Crippen LogP contribution in [0.25, 0.3) is 0 Å². The van der Waals surface area contributed by atoms with Crippen LogP contribution in [0.5, 0.6) is 0 Å². The van der Waals surface area contributed by atoms with Gasteiger partial charge in [0, 0.05) is 6.20 Å². The smallest absolute Gasteiger partial charge is 0.271 e. The van der Waals surface area contributed by atoms with E-state index in [4.69, 9.17) is 11.5 Å². The van der Waals surface area contributed by atoms with Crippen molar-refractivity contribution in [3.8, 4) is 0 Å². The SMILES string of the molecule is NC(=O)c1nn(Cc2cccc(F)c2Br)cc1N. The molecule has 94 valence electrons. The van der Waals surface area contributed by atoms with E-state index in [9.17, 15) is 9.18 Å². The number of carbonyl (C=O) groups excluding carboxylic acids is 1. The minimum absolute atomic E-state index is 0.0162. The zero-order valence-corrected chi connectivity index (χ0v) is 10.8. The molecule has 1 aromatic carbocycles. The van der Waals surface area contributed by atoms with Crippen molar-refractivity contribution in [2.75, 3.05) is 5.73 Å². The maximum Gasteiger partial charge on any atom is 0.271 e. The van der Waals surface area contributed by atoms with E-state index in [2.05, 4.69) is 21.0 Å². The Hall–Kier alpha value is -1.89. The first-order valence-corrected chi connectivity index (χ1v) is 5.84. The van der Waals surface area contributed by atoms with Crippen molar-refractivity contribution in [3.63, 3.8) is 0 Å². The van der Waals surface area contributed by atoms with Gasteiger partial charge in [-0.15, -0.1) is 0 Å². The number of rotatable bonds is 3.